The molecule has 1 aromatic rings. The van der Waals surface area contributed by atoms with Crippen molar-refractivity contribution in [1.82, 2.24) is 0 Å². The molecule has 0 spiro atoms. The molecular formula is C16H27NOS. The zero-order valence-electron chi connectivity index (χ0n) is 12.6. The summed E-state index contributed by atoms with van der Waals surface area (Å²) in [7, 11) is 0. The highest BCUT2D eigenvalue weighted by Crippen LogP contribution is 2.21. The fraction of sp³-hybridized carbons (Fsp3) is 0.625. The average molecular weight is 281 g/mol. The monoisotopic (exact) mass is 281 g/mol. The Morgan fingerprint density at radius 3 is 2.26 bits per heavy atom. The first-order valence-corrected chi connectivity index (χ1v) is 8.24. The van der Waals surface area contributed by atoms with Gasteiger partial charge in [0.1, 0.15) is 5.75 Å². The molecule has 3 heteroatoms. The number of benzene rings is 1. The molecule has 0 saturated heterocycles. The van der Waals surface area contributed by atoms with Gasteiger partial charge in [0.05, 0.1) is 6.10 Å². The van der Waals surface area contributed by atoms with E-state index in [1.54, 1.807) is 0 Å². The molecule has 0 bridgehead atoms. The van der Waals surface area contributed by atoms with Crippen LogP contribution in [-0.2, 0) is 0 Å². The number of hydrogen-bond acceptors (Lipinski definition) is 3. The molecule has 1 aromatic carbocycles. The van der Waals surface area contributed by atoms with Crippen molar-refractivity contribution >= 4 is 11.8 Å². The highest BCUT2D eigenvalue weighted by atomic mass is 32.2. The molecule has 0 aliphatic rings. The Labute approximate surface area is 122 Å². The smallest absolute Gasteiger partial charge is 0.119 e. The maximum absolute atomic E-state index is 6.20. The van der Waals surface area contributed by atoms with E-state index in [2.05, 4.69) is 26.0 Å². The van der Waals surface area contributed by atoms with Crippen molar-refractivity contribution in [3.8, 4) is 5.75 Å². The zero-order chi connectivity index (χ0) is 14.3. The van der Waals surface area contributed by atoms with Gasteiger partial charge >= 0.3 is 0 Å². The predicted octanol–water partition coefficient (Wildman–Crippen LogP) is 4.25. The van der Waals surface area contributed by atoms with E-state index in [4.69, 9.17) is 10.5 Å². The fourth-order valence-electron chi connectivity index (χ4n) is 1.69. The Hall–Kier alpha value is -0.670. The third-order valence-corrected chi connectivity index (χ3v) is 3.94. The van der Waals surface area contributed by atoms with E-state index < -0.39 is 0 Å². The Balaban J connectivity index is 2.37. The molecule has 0 saturated carbocycles. The minimum atomic E-state index is 0.116. The second-order valence-electron chi connectivity index (χ2n) is 5.60. The van der Waals surface area contributed by atoms with E-state index in [-0.39, 0.29) is 12.1 Å². The average Bonchev–Trinajstić information content (AvgIpc) is 2.34. The van der Waals surface area contributed by atoms with Crippen molar-refractivity contribution in [3.63, 3.8) is 0 Å². The van der Waals surface area contributed by atoms with E-state index in [1.165, 1.54) is 17.7 Å². The summed E-state index contributed by atoms with van der Waals surface area (Å²) in [5.74, 6) is 3.87. The van der Waals surface area contributed by atoms with Crippen LogP contribution in [0.4, 0.5) is 0 Å². The lowest BCUT2D eigenvalue weighted by Crippen LogP contribution is -2.13. The lowest BCUT2D eigenvalue weighted by atomic mass is 10.1. The van der Waals surface area contributed by atoms with Gasteiger partial charge < -0.3 is 10.5 Å². The summed E-state index contributed by atoms with van der Waals surface area (Å²) in [6.07, 6.45) is 1.48. The van der Waals surface area contributed by atoms with E-state index >= 15 is 0 Å². The van der Waals surface area contributed by atoms with Crippen LogP contribution in [0.15, 0.2) is 24.3 Å². The Kier molecular flexibility index (Phi) is 7.32. The molecule has 108 valence electrons. The van der Waals surface area contributed by atoms with Crippen molar-refractivity contribution in [1.29, 1.82) is 0 Å². The molecule has 1 unspecified atom stereocenters. The van der Waals surface area contributed by atoms with Crippen LogP contribution in [-0.4, -0.2) is 17.6 Å². The third kappa shape index (κ3) is 6.88. The van der Waals surface area contributed by atoms with Crippen molar-refractivity contribution in [3.05, 3.63) is 29.8 Å². The summed E-state index contributed by atoms with van der Waals surface area (Å²) in [4.78, 5) is 0. The van der Waals surface area contributed by atoms with Crippen molar-refractivity contribution in [2.45, 2.75) is 46.3 Å². The molecule has 0 fully saturated rings. The first-order chi connectivity index (χ1) is 8.99. The first-order valence-electron chi connectivity index (χ1n) is 7.09. The van der Waals surface area contributed by atoms with E-state index in [0.717, 1.165) is 17.4 Å². The molecule has 0 heterocycles. The standard InChI is InChI=1S/C16H27NOS/c1-12(2)9-10-19-11-16(17)14-5-7-15(8-6-14)18-13(3)4/h5-8,12-13,16H,9-11,17H2,1-4H3. The number of hydrogen-bond donors (Lipinski definition) is 1. The van der Waals surface area contributed by atoms with Gasteiger partial charge in [0, 0.05) is 11.8 Å². The SMILES string of the molecule is CC(C)CCSCC(N)c1ccc(OC(C)C)cc1. The normalized spacial score (nSPS) is 13.0. The summed E-state index contributed by atoms with van der Waals surface area (Å²) in [5.41, 5.74) is 7.39. The highest BCUT2D eigenvalue weighted by Gasteiger charge is 2.07. The Morgan fingerprint density at radius 1 is 1.11 bits per heavy atom. The van der Waals surface area contributed by atoms with Crippen LogP contribution in [0.25, 0.3) is 0 Å². The van der Waals surface area contributed by atoms with Gasteiger partial charge in [-0.1, -0.05) is 26.0 Å². The van der Waals surface area contributed by atoms with Crippen LogP contribution >= 0.6 is 11.8 Å². The molecular weight excluding hydrogens is 254 g/mol. The molecule has 1 rings (SSSR count). The van der Waals surface area contributed by atoms with Crippen LogP contribution in [0, 0.1) is 5.92 Å². The quantitative estimate of drug-likeness (QED) is 0.723. The molecule has 19 heavy (non-hydrogen) atoms. The number of ether oxygens (including phenoxy) is 1. The molecule has 0 aliphatic heterocycles. The number of rotatable bonds is 8. The highest BCUT2D eigenvalue weighted by molar-refractivity contribution is 7.99. The van der Waals surface area contributed by atoms with Gasteiger partial charge in [0.2, 0.25) is 0 Å². The molecule has 0 aliphatic carbocycles. The van der Waals surface area contributed by atoms with E-state index in [1.807, 2.05) is 37.7 Å². The van der Waals surface area contributed by atoms with Crippen molar-refractivity contribution < 1.29 is 4.74 Å². The van der Waals surface area contributed by atoms with Crippen LogP contribution in [0.2, 0.25) is 0 Å². The molecule has 2 N–H and O–H groups in total. The van der Waals surface area contributed by atoms with Crippen molar-refractivity contribution in [2.24, 2.45) is 11.7 Å². The maximum Gasteiger partial charge on any atom is 0.119 e. The van der Waals surface area contributed by atoms with Crippen LogP contribution in [0.3, 0.4) is 0 Å². The minimum absolute atomic E-state index is 0.116. The van der Waals surface area contributed by atoms with Gasteiger partial charge in [-0.3, -0.25) is 0 Å². The molecule has 2 nitrogen and oxygen atoms in total. The lowest BCUT2D eigenvalue weighted by Gasteiger charge is -2.14. The fourth-order valence-corrected chi connectivity index (χ4v) is 2.94. The van der Waals surface area contributed by atoms with Gasteiger partial charge in [-0.25, -0.2) is 0 Å². The summed E-state index contributed by atoms with van der Waals surface area (Å²) in [6, 6.07) is 8.28. The van der Waals surface area contributed by atoms with Gasteiger partial charge in [-0.2, -0.15) is 11.8 Å². The summed E-state index contributed by atoms with van der Waals surface area (Å²) in [5, 5.41) is 0. The summed E-state index contributed by atoms with van der Waals surface area (Å²) in [6.45, 7) is 8.58. The van der Waals surface area contributed by atoms with Gasteiger partial charge in [-0.15, -0.1) is 0 Å². The molecule has 0 aromatic heterocycles. The van der Waals surface area contributed by atoms with Gasteiger partial charge in [0.15, 0.2) is 0 Å². The van der Waals surface area contributed by atoms with E-state index in [0.29, 0.717) is 0 Å². The largest absolute Gasteiger partial charge is 0.491 e. The number of thioether (sulfide) groups is 1. The third-order valence-electron chi connectivity index (χ3n) is 2.82. The number of nitrogens with two attached hydrogens (primary N) is 1. The van der Waals surface area contributed by atoms with Crippen molar-refractivity contribution in [2.75, 3.05) is 11.5 Å². The predicted molar refractivity (Wildman–Crippen MR) is 85.9 cm³/mol. The topological polar surface area (TPSA) is 35.2 Å². The van der Waals surface area contributed by atoms with Gasteiger partial charge in [-0.05, 0) is 49.6 Å². The summed E-state index contributed by atoms with van der Waals surface area (Å²) < 4.78 is 5.63. The molecule has 0 radical (unpaired) electrons. The zero-order valence-corrected chi connectivity index (χ0v) is 13.4. The van der Waals surface area contributed by atoms with Crippen LogP contribution in [0.1, 0.15) is 45.7 Å². The van der Waals surface area contributed by atoms with Gasteiger partial charge in [0.25, 0.3) is 0 Å². The van der Waals surface area contributed by atoms with Crippen LogP contribution in [0.5, 0.6) is 5.75 Å². The van der Waals surface area contributed by atoms with Crippen LogP contribution < -0.4 is 10.5 Å². The minimum Gasteiger partial charge on any atom is -0.491 e. The second kappa shape index (κ2) is 8.49. The first kappa shape index (κ1) is 16.4. The maximum atomic E-state index is 6.20. The molecule has 1 atom stereocenters. The van der Waals surface area contributed by atoms with E-state index in [9.17, 15) is 0 Å². The Bertz CT molecular complexity index is 348. The summed E-state index contributed by atoms with van der Waals surface area (Å²) >= 11 is 1.94. The lowest BCUT2D eigenvalue weighted by molar-refractivity contribution is 0.242. The Morgan fingerprint density at radius 2 is 1.74 bits per heavy atom. The second-order valence-corrected chi connectivity index (χ2v) is 6.75. The molecule has 0 amide bonds.